The quantitative estimate of drug-likeness (QED) is 0.787. The molecule has 0 bridgehead atoms. The average Bonchev–Trinajstić information content (AvgIpc) is 2.71. The van der Waals surface area contributed by atoms with Gasteiger partial charge in [0.15, 0.2) is 5.13 Å². The van der Waals surface area contributed by atoms with E-state index in [4.69, 9.17) is 5.11 Å². The molecule has 0 aromatic carbocycles. The Morgan fingerprint density at radius 3 is 2.76 bits per heavy atom. The van der Waals surface area contributed by atoms with Gasteiger partial charge in [-0.3, -0.25) is 4.79 Å². The fraction of sp³-hybridized carbons (Fsp3) is 0.667. The summed E-state index contributed by atoms with van der Waals surface area (Å²) in [6, 6.07) is 0. The van der Waals surface area contributed by atoms with E-state index in [0.717, 1.165) is 17.2 Å². The highest BCUT2D eigenvalue weighted by Gasteiger charge is 2.18. The van der Waals surface area contributed by atoms with E-state index in [0.29, 0.717) is 18.9 Å². The van der Waals surface area contributed by atoms with Crippen molar-refractivity contribution in [2.75, 3.05) is 11.9 Å². The van der Waals surface area contributed by atoms with Gasteiger partial charge in [-0.25, -0.2) is 4.98 Å². The van der Waals surface area contributed by atoms with Crippen LogP contribution in [0, 0.1) is 11.8 Å². The Kier molecular flexibility index (Phi) is 5.41. The van der Waals surface area contributed by atoms with E-state index >= 15 is 0 Å². The molecule has 5 heteroatoms. The van der Waals surface area contributed by atoms with E-state index in [1.54, 1.807) is 0 Å². The number of carbonyl (C=O) groups is 1. The highest BCUT2D eigenvalue weighted by Crippen LogP contribution is 2.18. The van der Waals surface area contributed by atoms with Crippen LogP contribution in [0.4, 0.5) is 5.13 Å². The van der Waals surface area contributed by atoms with Gasteiger partial charge >= 0.3 is 5.97 Å². The van der Waals surface area contributed by atoms with Crippen LogP contribution in [0.3, 0.4) is 0 Å². The van der Waals surface area contributed by atoms with Gasteiger partial charge in [-0.2, -0.15) is 0 Å². The standard InChI is InChI=1S/C12H20N2O2S/c1-4-10-7-17-12(14-10)13-6-9(11(15)16)5-8(2)3/h7-9H,4-6H2,1-3H3,(H,13,14)(H,15,16). The molecule has 1 rings (SSSR count). The number of nitrogens with one attached hydrogen (secondary N) is 1. The van der Waals surface area contributed by atoms with E-state index in [9.17, 15) is 4.79 Å². The van der Waals surface area contributed by atoms with E-state index in [1.165, 1.54) is 11.3 Å². The summed E-state index contributed by atoms with van der Waals surface area (Å²) < 4.78 is 0. The number of aromatic nitrogens is 1. The Morgan fingerprint density at radius 1 is 1.59 bits per heavy atom. The molecule has 0 aliphatic heterocycles. The molecule has 0 aliphatic rings. The zero-order valence-corrected chi connectivity index (χ0v) is 11.4. The first kappa shape index (κ1) is 14.0. The van der Waals surface area contributed by atoms with Crippen LogP contribution in [-0.4, -0.2) is 22.6 Å². The Bertz CT molecular complexity index is 363. The highest BCUT2D eigenvalue weighted by molar-refractivity contribution is 7.13. The molecule has 0 saturated heterocycles. The van der Waals surface area contributed by atoms with Crippen LogP contribution in [-0.2, 0) is 11.2 Å². The molecule has 17 heavy (non-hydrogen) atoms. The van der Waals surface area contributed by atoms with Crippen LogP contribution in [0.2, 0.25) is 0 Å². The first-order valence-corrected chi connectivity index (χ1v) is 6.82. The third kappa shape index (κ3) is 4.73. The Balaban J connectivity index is 2.48. The molecule has 0 spiro atoms. The highest BCUT2D eigenvalue weighted by atomic mass is 32.1. The molecule has 0 saturated carbocycles. The molecule has 0 radical (unpaired) electrons. The zero-order chi connectivity index (χ0) is 12.8. The Hall–Kier alpha value is -1.10. The van der Waals surface area contributed by atoms with Gasteiger partial charge in [0.05, 0.1) is 11.6 Å². The number of aryl methyl sites for hydroxylation is 1. The zero-order valence-electron chi connectivity index (χ0n) is 10.6. The van der Waals surface area contributed by atoms with Gasteiger partial charge in [-0.15, -0.1) is 11.3 Å². The van der Waals surface area contributed by atoms with Gasteiger partial charge < -0.3 is 10.4 Å². The first-order chi connectivity index (χ1) is 8.02. The average molecular weight is 256 g/mol. The topological polar surface area (TPSA) is 62.2 Å². The molecule has 1 unspecified atom stereocenters. The minimum absolute atomic E-state index is 0.344. The minimum atomic E-state index is -0.738. The van der Waals surface area contributed by atoms with Crippen molar-refractivity contribution in [3.05, 3.63) is 11.1 Å². The molecule has 0 amide bonds. The molecular weight excluding hydrogens is 236 g/mol. The van der Waals surface area contributed by atoms with Crippen molar-refractivity contribution >= 4 is 22.4 Å². The molecular formula is C12H20N2O2S. The van der Waals surface area contributed by atoms with Crippen molar-refractivity contribution < 1.29 is 9.90 Å². The van der Waals surface area contributed by atoms with Crippen LogP contribution in [0.25, 0.3) is 0 Å². The summed E-state index contributed by atoms with van der Waals surface area (Å²) in [7, 11) is 0. The maximum Gasteiger partial charge on any atom is 0.308 e. The molecule has 4 nitrogen and oxygen atoms in total. The lowest BCUT2D eigenvalue weighted by molar-refractivity contribution is -0.141. The smallest absolute Gasteiger partial charge is 0.308 e. The SMILES string of the molecule is CCc1csc(NCC(CC(C)C)C(=O)O)n1. The maximum atomic E-state index is 11.1. The predicted octanol–water partition coefficient (Wildman–Crippen LogP) is 2.86. The third-order valence-corrected chi connectivity index (χ3v) is 3.37. The molecule has 1 aromatic rings. The van der Waals surface area contributed by atoms with E-state index < -0.39 is 5.97 Å². The van der Waals surface area contributed by atoms with Crippen molar-refractivity contribution in [1.82, 2.24) is 4.98 Å². The summed E-state index contributed by atoms with van der Waals surface area (Å²) in [6.07, 6.45) is 1.60. The van der Waals surface area contributed by atoms with Crippen molar-refractivity contribution in [2.24, 2.45) is 11.8 Å². The number of thiazole rings is 1. The van der Waals surface area contributed by atoms with Gasteiger partial charge in [0.25, 0.3) is 0 Å². The molecule has 0 aliphatic carbocycles. The monoisotopic (exact) mass is 256 g/mol. The summed E-state index contributed by atoms with van der Waals surface area (Å²) >= 11 is 1.53. The van der Waals surface area contributed by atoms with E-state index in [-0.39, 0.29) is 5.92 Å². The minimum Gasteiger partial charge on any atom is -0.481 e. The summed E-state index contributed by atoms with van der Waals surface area (Å²) in [5, 5.41) is 15.0. The lowest BCUT2D eigenvalue weighted by Gasteiger charge is -2.14. The predicted molar refractivity (Wildman–Crippen MR) is 70.6 cm³/mol. The number of carboxylic acids is 1. The third-order valence-electron chi connectivity index (χ3n) is 2.52. The molecule has 1 heterocycles. The van der Waals surface area contributed by atoms with Crippen molar-refractivity contribution in [1.29, 1.82) is 0 Å². The molecule has 1 aromatic heterocycles. The van der Waals surface area contributed by atoms with Gasteiger partial charge in [-0.05, 0) is 18.8 Å². The van der Waals surface area contributed by atoms with Gasteiger partial charge in [0, 0.05) is 11.9 Å². The largest absolute Gasteiger partial charge is 0.481 e. The summed E-state index contributed by atoms with van der Waals surface area (Å²) in [6.45, 7) is 6.57. The van der Waals surface area contributed by atoms with E-state index in [2.05, 4.69) is 17.2 Å². The number of anilines is 1. The Labute approximate surface area is 106 Å². The van der Waals surface area contributed by atoms with Crippen molar-refractivity contribution in [2.45, 2.75) is 33.6 Å². The van der Waals surface area contributed by atoms with E-state index in [1.807, 2.05) is 19.2 Å². The second-order valence-corrected chi connectivity index (χ2v) is 5.40. The molecule has 96 valence electrons. The fourth-order valence-corrected chi connectivity index (χ4v) is 2.41. The second kappa shape index (κ2) is 6.59. The van der Waals surface area contributed by atoms with Crippen LogP contribution < -0.4 is 5.32 Å². The van der Waals surface area contributed by atoms with Crippen molar-refractivity contribution in [3.63, 3.8) is 0 Å². The molecule has 0 fully saturated rings. The number of rotatable bonds is 7. The summed E-state index contributed by atoms with van der Waals surface area (Å²) in [4.78, 5) is 15.4. The number of nitrogens with zero attached hydrogens (tertiary/aromatic N) is 1. The van der Waals surface area contributed by atoms with Crippen LogP contribution >= 0.6 is 11.3 Å². The van der Waals surface area contributed by atoms with Gasteiger partial charge in [0.1, 0.15) is 0 Å². The van der Waals surface area contributed by atoms with Crippen LogP contribution in [0.15, 0.2) is 5.38 Å². The second-order valence-electron chi connectivity index (χ2n) is 4.54. The number of hydrogen-bond acceptors (Lipinski definition) is 4. The summed E-state index contributed by atoms with van der Waals surface area (Å²) in [5.41, 5.74) is 1.05. The fourth-order valence-electron chi connectivity index (χ4n) is 1.60. The van der Waals surface area contributed by atoms with Gasteiger partial charge in [0.2, 0.25) is 0 Å². The summed E-state index contributed by atoms with van der Waals surface area (Å²) in [5.74, 6) is -0.692. The Morgan fingerprint density at radius 2 is 2.29 bits per heavy atom. The maximum absolute atomic E-state index is 11.1. The normalized spacial score (nSPS) is 12.7. The van der Waals surface area contributed by atoms with Crippen molar-refractivity contribution in [3.8, 4) is 0 Å². The molecule has 2 N–H and O–H groups in total. The number of aliphatic carboxylic acids is 1. The van der Waals surface area contributed by atoms with Crippen LogP contribution in [0.5, 0.6) is 0 Å². The number of hydrogen-bond donors (Lipinski definition) is 2. The lowest BCUT2D eigenvalue weighted by Crippen LogP contribution is -2.24. The first-order valence-electron chi connectivity index (χ1n) is 5.94. The number of carboxylic acid groups (broad SMARTS) is 1. The molecule has 1 atom stereocenters. The van der Waals surface area contributed by atoms with Gasteiger partial charge in [-0.1, -0.05) is 20.8 Å². The lowest BCUT2D eigenvalue weighted by atomic mass is 9.97. The van der Waals surface area contributed by atoms with Crippen LogP contribution in [0.1, 0.15) is 32.9 Å².